The highest BCUT2D eigenvalue weighted by Gasteiger charge is 2.07. The summed E-state index contributed by atoms with van der Waals surface area (Å²) >= 11 is 20.1. The van der Waals surface area contributed by atoms with E-state index in [2.05, 4.69) is 42.2 Å². The average molecular weight is 417 g/mol. The zero-order valence-corrected chi connectivity index (χ0v) is 13.8. The van der Waals surface area contributed by atoms with Crippen LogP contribution in [0.2, 0.25) is 9.49 Å². The zero-order valence-electron chi connectivity index (χ0n) is 8.31. The van der Waals surface area contributed by atoms with E-state index in [4.69, 9.17) is 23.2 Å². The minimum absolute atomic E-state index is 0.552. The number of hydrogen-bond acceptors (Lipinski definition) is 3. The number of anilines is 1. The van der Waals surface area contributed by atoms with Crippen molar-refractivity contribution in [2.24, 2.45) is 0 Å². The van der Waals surface area contributed by atoms with Crippen molar-refractivity contribution in [2.45, 2.75) is 6.54 Å². The quantitative estimate of drug-likeness (QED) is 0.705. The largest absolute Gasteiger partial charge is 0.378 e. The average Bonchev–Trinajstić information content (AvgIpc) is 2.62. The molecule has 7 heteroatoms. The summed E-state index contributed by atoms with van der Waals surface area (Å²) in [7, 11) is 0. The maximum absolute atomic E-state index is 5.93. The Balaban J connectivity index is 2.14. The van der Waals surface area contributed by atoms with Crippen molar-refractivity contribution in [2.75, 3.05) is 5.32 Å². The van der Waals surface area contributed by atoms with E-state index in [1.54, 1.807) is 6.20 Å². The second-order valence-corrected chi connectivity index (χ2v) is 7.02. The number of rotatable bonds is 3. The number of thiazole rings is 1. The molecule has 2 rings (SSSR count). The van der Waals surface area contributed by atoms with E-state index in [1.807, 2.05) is 12.1 Å². The molecule has 0 fully saturated rings. The first-order chi connectivity index (χ1) is 8.06. The van der Waals surface area contributed by atoms with Crippen LogP contribution in [0.5, 0.6) is 0 Å². The van der Waals surface area contributed by atoms with Gasteiger partial charge in [-0.3, -0.25) is 0 Å². The van der Waals surface area contributed by atoms with Gasteiger partial charge in [-0.15, -0.1) is 11.3 Å². The Morgan fingerprint density at radius 1 is 1.24 bits per heavy atom. The minimum atomic E-state index is 0.552. The number of benzene rings is 1. The molecule has 0 saturated heterocycles. The summed E-state index contributed by atoms with van der Waals surface area (Å²) < 4.78 is 2.37. The highest BCUT2D eigenvalue weighted by atomic mass is 79.9. The fourth-order valence-electron chi connectivity index (χ4n) is 1.25. The molecule has 0 radical (unpaired) electrons. The van der Waals surface area contributed by atoms with Gasteiger partial charge in [-0.25, -0.2) is 4.98 Å². The first kappa shape index (κ1) is 13.6. The van der Waals surface area contributed by atoms with E-state index in [0.29, 0.717) is 16.0 Å². The Morgan fingerprint density at radius 3 is 2.41 bits per heavy atom. The van der Waals surface area contributed by atoms with Gasteiger partial charge in [-0.05, 0) is 44.0 Å². The van der Waals surface area contributed by atoms with E-state index < -0.39 is 0 Å². The van der Waals surface area contributed by atoms with Gasteiger partial charge in [0.25, 0.3) is 0 Å². The lowest BCUT2D eigenvalue weighted by Gasteiger charge is -2.10. The first-order valence-corrected chi connectivity index (χ1v) is 7.70. The number of aromatic nitrogens is 1. The van der Waals surface area contributed by atoms with Gasteiger partial charge in [-0.1, -0.05) is 23.2 Å². The number of hydrogen-bond donors (Lipinski definition) is 1. The third-order valence-corrected chi connectivity index (χ3v) is 4.56. The Bertz CT molecular complexity index is 522. The van der Waals surface area contributed by atoms with Crippen molar-refractivity contribution in [3.05, 3.63) is 41.6 Å². The van der Waals surface area contributed by atoms with E-state index in [1.165, 1.54) is 11.3 Å². The minimum Gasteiger partial charge on any atom is -0.378 e. The molecule has 0 amide bonds. The van der Waals surface area contributed by atoms with Crippen LogP contribution in [0.25, 0.3) is 0 Å². The van der Waals surface area contributed by atoms with E-state index in [-0.39, 0.29) is 0 Å². The second-order valence-electron chi connectivity index (χ2n) is 3.18. The number of nitrogens with one attached hydrogen (secondary N) is 1. The first-order valence-electron chi connectivity index (χ1n) is 4.55. The van der Waals surface area contributed by atoms with Crippen LogP contribution in [0.15, 0.2) is 27.3 Å². The van der Waals surface area contributed by atoms with Crippen molar-refractivity contribution in [3.63, 3.8) is 0 Å². The third-order valence-electron chi connectivity index (χ3n) is 1.97. The molecule has 1 N–H and O–H groups in total. The van der Waals surface area contributed by atoms with Crippen LogP contribution >= 0.6 is 66.4 Å². The van der Waals surface area contributed by atoms with E-state index in [9.17, 15) is 0 Å². The molecule has 0 atom stereocenters. The fraction of sp³-hybridized carbons (Fsp3) is 0.100. The van der Waals surface area contributed by atoms with Crippen LogP contribution in [0.1, 0.15) is 4.88 Å². The molecule has 1 aromatic heterocycles. The summed E-state index contributed by atoms with van der Waals surface area (Å²) in [5.74, 6) is 0. The predicted molar refractivity (Wildman–Crippen MR) is 81.3 cm³/mol. The van der Waals surface area contributed by atoms with Gasteiger partial charge in [-0.2, -0.15) is 0 Å². The molecule has 2 aromatic rings. The molecule has 1 aromatic carbocycles. The number of nitrogens with zero attached hydrogens (tertiary/aromatic N) is 1. The van der Waals surface area contributed by atoms with Gasteiger partial charge >= 0.3 is 0 Å². The van der Waals surface area contributed by atoms with Crippen LogP contribution in [0.4, 0.5) is 5.69 Å². The van der Waals surface area contributed by atoms with Crippen LogP contribution < -0.4 is 5.32 Å². The summed E-state index contributed by atoms with van der Waals surface area (Å²) in [6.07, 6.45) is 1.76. The molecule has 17 heavy (non-hydrogen) atoms. The summed E-state index contributed by atoms with van der Waals surface area (Å²) in [6.45, 7) is 0.670. The van der Waals surface area contributed by atoms with Crippen molar-refractivity contribution < 1.29 is 0 Å². The molecule has 1 heterocycles. The van der Waals surface area contributed by atoms with Gasteiger partial charge < -0.3 is 5.32 Å². The van der Waals surface area contributed by atoms with Gasteiger partial charge in [0.05, 0.1) is 12.2 Å². The van der Waals surface area contributed by atoms with Gasteiger partial charge in [0, 0.05) is 25.0 Å². The standard InChI is InChI=1S/C10H6Br2Cl2N2S/c11-7-1-5(13)2-8(12)9(7)15-3-6-4-16-10(14)17-6/h1-2,4,15H,3H2. The molecule has 90 valence electrons. The molecular weight excluding hydrogens is 411 g/mol. The fourth-order valence-corrected chi connectivity index (χ4v) is 4.12. The molecule has 2 nitrogen and oxygen atoms in total. The van der Waals surface area contributed by atoms with Crippen LogP contribution in [0.3, 0.4) is 0 Å². The van der Waals surface area contributed by atoms with Gasteiger partial charge in [0.1, 0.15) is 0 Å². The topological polar surface area (TPSA) is 24.9 Å². The molecule has 0 bridgehead atoms. The summed E-state index contributed by atoms with van der Waals surface area (Å²) in [5, 5.41) is 3.97. The zero-order chi connectivity index (χ0) is 12.4. The normalized spacial score (nSPS) is 10.6. The highest BCUT2D eigenvalue weighted by Crippen LogP contribution is 2.34. The van der Waals surface area contributed by atoms with Crippen LogP contribution in [-0.4, -0.2) is 4.98 Å². The third kappa shape index (κ3) is 3.58. The lowest BCUT2D eigenvalue weighted by molar-refractivity contribution is 1.17. The Hall–Kier alpha value is 0.190. The molecule has 0 aliphatic heterocycles. The van der Waals surface area contributed by atoms with Crippen molar-refractivity contribution in [1.29, 1.82) is 0 Å². The molecule has 0 aliphatic carbocycles. The van der Waals surface area contributed by atoms with Crippen molar-refractivity contribution in [1.82, 2.24) is 4.98 Å². The Kier molecular flexibility index (Phi) is 4.72. The van der Waals surface area contributed by atoms with Gasteiger partial charge in [0.2, 0.25) is 0 Å². The van der Waals surface area contributed by atoms with Crippen LogP contribution in [-0.2, 0) is 6.54 Å². The van der Waals surface area contributed by atoms with Crippen molar-refractivity contribution in [3.8, 4) is 0 Å². The lowest BCUT2D eigenvalue weighted by Crippen LogP contribution is -1.99. The molecule has 0 saturated carbocycles. The highest BCUT2D eigenvalue weighted by molar-refractivity contribution is 9.11. The second kappa shape index (κ2) is 5.89. The van der Waals surface area contributed by atoms with Crippen molar-refractivity contribution >= 4 is 72.1 Å². The molecule has 0 aliphatic rings. The monoisotopic (exact) mass is 414 g/mol. The van der Waals surface area contributed by atoms with E-state index >= 15 is 0 Å². The SMILES string of the molecule is Clc1cc(Br)c(NCc2cnc(Cl)s2)c(Br)c1. The van der Waals surface area contributed by atoms with Crippen LogP contribution in [0, 0.1) is 0 Å². The predicted octanol–water partition coefficient (Wildman–Crippen LogP) is 5.59. The maximum atomic E-state index is 5.93. The smallest absolute Gasteiger partial charge is 0.183 e. The molecular formula is C10H6Br2Cl2N2S. The molecule has 0 spiro atoms. The summed E-state index contributed by atoms with van der Waals surface area (Å²) in [6, 6.07) is 3.68. The molecule has 0 unspecified atom stereocenters. The Morgan fingerprint density at radius 2 is 1.88 bits per heavy atom. The summed E-state index contributed by atoms with van der Waals surface area (Å²) in [4.78, 5) is 5.06. The number of halogens is 4. The Labute approximate surface area is 130 Å². The lowest BCUT2D eigenvalue weighted by atomic mass is 10.3. The maximum Gasteiger partial charge on any atom is 0.183 e. The van der Waals surface area contributed by atoms with Gasteiger partial charge in [0.15, 0.2) is 4.47 Å². The van der Waals surface area contributed by atoms with E-state index in [0.717, 1.165) is 19.5 Å². The summed E-state index contributed by atoms with van der Waals surface area (Å²) in [5.41, 5.74) is 0.957.